The lowest BCUT2D eigenvalue weighted by Crippen LogP contribution is -2.19. The van der Waals surface area contributed by atoms with Crippen LogP contribution >= 0.6 is 11.3 Å². The van der Waals surface area contributed by atoms with E-state index in [4.69, 9.17) is 9.97 Å². The molecule has 0 fully saturated rings. The fraction of sp³-hybridized carbons (Fsp3) is 0.0541. The van der Waals surface area contributed by atoms with Crippen molar-refractivity contribution < 1.29 is 0 Å². The number of imidazole rings is 1. The fourth-order valence-corrected chi connectivity index (χ4v) is 7.03. The molecular weight excluding hydrogens is 549 g/mol. The number of aromatic nitrogens is 4. The molecule has 206 valence electrons. The molecule has 3 heterocycles. The van der Waals surface area contributed by atoms with Crippen LogP contribution in [0.1, 0.15) is 0 Å². The number of aryl methyl sites for hydroxylation is 2. The Morgan fingerprint density at radius 2 is 1.14 bits per heavy atom. The van der Waals surface area contributed by atoms with E-state index < -0.39 is 0 Å². The standard InChI is InChI=1S/C37H26N4OS/c1-40-32-18-16-25(20-33(32)41(2)37(40)42)24-11-8-12-26(19-24)30-22-31(39-36(38-30)23-9-4-3-5-10-23)27-15-17-29-28-13-6-7-14-34(28)43-35(29)21-27/h3-22H,1-2H3. The number of fused-ring (bicyclic) bond motifs is 4. The summed E-state index contributed by atoms with van der Waals surface area (Å²) in [5.41, 5.74) is 8.67. The minimum absolute atomic E-state index is 0.0308. The molecule has 0 saturated heterocycles. The Balaban J connectivity index is 1.28. The van der Waals surface area contributed by atoms with Crippen LogP contribution < -0.4 is 5.69 Å². The normalized spacial score (nSPS) is 11.6. The van der Waals surface area contributed by atoms with Crippen molar-refractivity contribution in [1.29, 1.82) is 0 Å². The van der Waals surface area contributed by atoms with E-state index in [1.165, 1.54) is 20.2 Å². The van der Waals surface area contributed by atoms with Crippen LogP contribution in [0.5, 0.6) is 0 Å². The molecule has 0 atom stereocenters. The van der Waals surface area contributed by atoms with Crippen LogP contribution in [0.3, 0.4) is 0 Å². The van der Waals surface area contributed by atoms with Gasteiger partial charge in [-0.25, -0.2) is 14.8 Å². The summed E-state index contributed by atoms with van der Waals surface area (Å²) in [7, 11) is 3.62. The molecular formula is C37H26N4OS. The first kappa shape index (κ1) is 25.4. The Morgan fingerprint density at radius 3 is 1.98 bits per heavy atom. The van der Waals surface area contributed by atoms with Crippen LogP contribution in [-0.2, 0) is 14.1 Å². The van der Waals surface area contributed by atoms with Crippen LogP contribution in [0.25, 0.3) is 76.2 Å². The molecule has 5 aromatic carbocycles. The number of nitrogens with zero attached hydrogens (tertiary/aromatic N) is 4. The molecule has 0 saturated carbocycles. The van der Waals surface area contributed by atoms with Gasteiger partial charge in [-0.1, -0.05) is 84.9 Å². The Morgan fingerprint density at radius 1 is 0.512 bits per heavy atom. The lowest BCUT2D eigenvalue weighted by molar-refractivity contribution is 0.795. The van der Waals surface area contributed by atoms with E-state index >= 15 is 0 Å². The summed E-state index contributed by atoms with van der Waals surface area (Å²) in [6, 6.07) is 42.0. The van der Waals surface area contributed by atoms with Crippen molar-refractivity contribution in [3.63, 3.8) is 0 Å². The Bertz CT molecular complexity index is 2400. The van der Waals surface area contributed by atoms with Gasteiger partial charge < -0.3 is 0 Å². The third-order valence-corrected chi connectivity index (χ3v) is 9.33. The van der Waals surface area contributed by atoms with Gasteiger partial charge in [0.25, 0.3) is 0 Å². The Hall–Kier alpha value is -5.33. The molecule has 43 heavy (non-hydrogen) atoms. The molecule has 0 radical (unpaired) electrons. The second-order valence-corrected chi connectivity index (χ2v) is 11.9. The van der Waals surface area contributed by atoms with Crippen molar-refractivity contribution >= 4 is 42.5 Å². The van der Waals surface area contributed by atoms with Crippen molar-refractivity contribution in [2.24, 2.45) is 14.1 Å². The number of thiophene rings is 1. The van der Waals surface area contributed by atoms with Crippen molar-refractivity contribution in [1.82, 2.24) is 19.1 Å². The topological polar surface area (TPSA) is 52.7 Å². The third-order valence-electron chi connectivity index (χ3n) is 8.20. The summed E-state index contributed by atoms with van der Waals surface area (Å²) in [6.45, 7) is 0. The molecule has 0 aliphatic rings. The molecule has 5 nitrogen and oxygen atoms in total. The predicted molar refractivity (Wildman–Crippen MR) is 178 cm³/mol. The molecule has 8 rings (SSSR count). The maximum absolute atomic E-state index is 12.5. The zero-order chi connectivity index (χ0) is 29.1. The third kappa shape index (κ3) is 4.26. The van der Waals surface area contributed by atoms with Crippen molar-refractivity contribution in [3.05, 3.63) is 132 Å². The van der Waals surface area contributed by atoms with Gasteiger partial charge in [0.05, 0.1) is 22.4 Å². The molecule has 0 aliphatic heterocycles. The largest absolute Gasteiger partial charge is 0.328 e. The maximum Gasteiger partial charge on any atom is 0.328 e. The molecule has 0 bridgehead atoms. The summed E-state index contributed by atoms with van der Waals surface area (Å²) in [5.74, 6) is 0.690. The quantitative estimate of drug-likeness (QED) is 0.211. The van der Waals surface area contributed by atoms with E-state index in [2.05, 4.69) is 84.9 Å². The van der Waals surface area contributed by atoms with Gasteiger partial charge in [-0.15, -0.1) is 11.3 Å². The lowest BCUT2D eigenvalue weighted by atomic mass is 10.00. The van der Waals surface area contributed by atoms with Crippen molar-refractivity contribution in [2.75, 3.05) is 0 Å². The maximum atomic E-state index is 12.5. The number of hydrogen-bond donors (Lipinski definition) is 0. The van der Waals surface area contributed by atoms with Crippen LogP contribution in [0.2, 0.25) is 0 Å². The molecule has 0 N–H and O–H groups in total. The van der Waals surface area contributed by atoms with Gasteiger partial charge >= 0.3 is 5.69 Å². The molecule has 8 aromatic rings. The monoisotopic (exact) mass is 574 g/mol. The Kier molecular flexibility index (Phi) is 5.84. The average molecular weight is 575 g/mol. The van der Waals surface area contributed by atoms with Gasteiger partial charge in [0.1, 0.15) is 0 Å². The molecule has 6 heteroatoms. The Labute approximate surface area is 252 Å². The van der Waals surface area contributed by atoms with Crippen LogP contribution in [0, 0.1) is 0 Å². The van der Waals surface area contributed by atoms with Crippen LogP contribution in [0.4, 0.5) is 0 Å². The second-order valence-electron chi connectivity index (χ2n) is 10.8. The number of benzene rings is 5. The first-order valence-electron chi connectivity index (χ1n) is 14.2. The van der Waals surface area contributed by atoms with Crippen LogP contribution in [-0.4, -0.2) is 19.1 Å². The molecule has 0 amide bonds. The fourth-order valence-electron chi connectivity index (χ4n) is 5.89. The summed E-state index contributed by atoms with van der Waals surface area (Å²) in [5, 5.41) is 2.55. The van der Waals surface area contributed by atoms with E-state index in [9.17, 15) is 4.79 Å². The summed E-state index contributed by atoms with van der Waals surface area (Å²) in [6.07, 6.45) is 0. The highest BCUT2D eigenvalue weighted by Crippen LogP contribution is 2.37. The zero-order valence-corrected chi connectivity index (χ0v) is 24.5. The molecule has 0 unspecified atom stereocenters. The van der Waals surface area contributed by atoms with Crippen LogP contribution in [0.15, 0.2) is 126 Å². The van der Waals surface area contributed by atoms with E-state index in [1.807, 2.05) is 54.8 Å². The van der Waals surface area contributed by atoms with Crippen molar-refractivity contribution in [3.8, 4) is 45.0 Å². The minimum Gasteiger partial charge on any atom is -0.295 e. The molecule has 3 aromatic heterocycles. The molecule has 0 spiro atoms. The predicted octanol–water partition coefficient (Wildman–Crippen LogP) is 8.70. The highest BCUT2D eigenvalue weighted by atomic mass is 32.1. The van der Waals surface area contributed by atoms with E-state index in [0.29, 0.717) is 5.82 Å². The van der Waals surface area contributed by atoms with Gasteiger partial charge in [-0.3, -0.25) is 9.13 Å². The first-order valence-corrected chi connectivity index (χ1v) is 15.0. The highest BCUT2D eigenvalue weighted by Gasteiger charge is 2.14. The number of hydrogen-bond acceptors (Lipinski definition) is 4. The van der Waals surface area contributed by atoms with Gasteiger partial charge in [-0.05, 0) is 47.5 Å². The van der Waals surface area contributed by atoms with Gasteiger partial charge in [0, 0.05) is 51.0 Å². The smallest absolute Gasteiger partial charge is 0.295 e. The van der Waals surface area contributed by atoms with Gasteiger partial charge in [-0.2, -0.15) is 0 Å². The van der Waals surface area contributed by atoms with E-state index in [1.54, 1.807) is 16.2 Å². The summed E-state index contributed by atoms with van der Waals surface area (Å²) >= 11 is 1.81. The van der Waals surface area contributed by atoms with Gasteiger partial charge in [0.2, 0.25) is 0 Å². The zero-order valence-electron chi connectivity index (χ0n) is 23.7. The van der Waals surface area contributed by atoms with Crippen molar-refractivity contribution in [2.45, 2.75) is 0 Å². The summed E-state index contributed by atoms with van der Waals surface area (Å²) < 4.78 is 5.90. The minimum atomic E-state index is -0.0308. The lowest BCUT2D eigenvalue weighted by Gasteiger charge is -2.11. The summed E-state index contributed by atoms with van der Waals surface area (Å²) in [4.78, 5) is 22.6. The second kappa shape index (κ2) is 9.89. The van der Waals surface area contributed by atoms with E-state index in [0.717, 1.165) is 50.2 Å². The van der Waals surface area contributed by atoms with Gasteiger partial charge in [0.15, 0.2) is 5.82 Å². The highest BCUT2D eigenvalue weighted by molar-refractivity contribution is 7.25. The first-order chi connectivity index (χ1) is 21.0. The molecule has 0 aliphatic carbocycles. The SMILES string of the molecule is Cn1c(=O)n(C)c2cc(-c3cccc(-c4cc(-c5ccc6c(c5)sc5ccccc56)nc(-c5ccccc5)n4)c3)ccc21. The average Bonchev–Trinajstić information content (AvgIpc) is 3.54. The van der Waals surface area contributed by atoms with E-state index in [-0.39, 0.29) is 5.69 Å². The number of rotatable bonds is 4.